The number of likely N-dealkylation sites (tertiary alicyclic amines) is 1. The first-order valence-corrected chi connectivity index (χ1v) is 21.6. The molecule has 0 saturated carbocycles. The van der Waals surface area contributed by atoms with Crippen LogP contribution in [0.3, 0.4) is 0 Å². The number of hydrogen-bond donors (Lipinski definition) is 2. The van der Waals surface area contributed by atoms with E-state index in [9.17, 15) is 38.4 Å². The molecule has 10 rings (SSSR count). The van der Waals surface area contributed by atoms with Gasteiger partial charge in [-0.05, 0) is 88.4 Å². The summed E-state index contributed by atoms with van der Waals surface area (Å²) >= 11 is 0. The van der Waals surface area contributed by atoms with Gasteiger partial charge in [0.15, 0.2) is 0 Å². The van der Waals surface area contributed by atoms with Gasteiger partial charge in [-0.2, -0.15) is 0 Å². The van der Waals surface area contributed by atoms with Gasteiger partial charge in [0.05, 0.1) is 6.54 Å². The molecule has 64 heavy (non-hydrogen) atoms. The van der Waals surface area contributed by atoms with Crippen molar-refractivity contribution in [3.8, 4) is 11.1 Å². The summed E-state index contributed by atoms with van der Waals surface area (Å²) in [6, 6.07) is 33.3. The minimum atomic E-state index is -0.641. The third-order valence-electron chi connectivity index (χ3n) is 12.8. The second-order valence-corrected chi connectivity index (χ2v) is 16.9. The number of rotatable bonds is 8. The molecule has 5 aliphatic heterocycles. The highest BCUT2D eigenvalue weighted by Gasteiger charge is 2.41. The van der Waals surface area contributed by atoms with Crippen LogP contribution < -0.4 is 16.2 Å². The van der Waals surface area contributed by atoms with Crippen LogP contribution in [0.15, 0.2) is 120 Å². The van der Waals surface area contributed by atoms with E-state index >= 15 is 0 Å². The molecule has 6 heterocycles. The first-order valence-electron chi connectivity index (χ1n) is 21.6. The topological polar surface area (TPSA) is 175 Å². The normalized spacial score (nSPS) is 20.7. The van der Waals surface area contributed by atoms with E-state index in [1.807, 2.05) is 102 Å². The SMILES string of the molecule is O=C1CCC(N2Cc3cc(-c4ccn(Cc5ccccc5)c(=O)c4)ccc3C2=O)C(=O)N1.O=C1CCC(N2Cc3cc(C4CCN(Cc5ccccc5)C(=O)C4)ccc3C2=O)C(=O)N1. The molecule has 3 unspecified atom stereocenters. The number of hydrogen-bond acceptors (Lipinski definition) is 8. The van der Waals surface area contributed by atoms with E-state index in [-0.39, 0.29) is 53.9 Å². The van der Waals surface area contributed by atoms with Gasteiger partial charge in [0, 0.05) is 68.8 Å². The van der Waals surface area contributed by atoms with Crippen LogP contribution in [0, 0.1) is 0 Å². The van der Waals surface area contributed by atoms with Crippen molar-refractivity contribution in [3.05, 3.63) is 165 Å². The molecule has 14 heteroatoms. The summed E-state index contributed by atoms with van der Waals surface area (Å²) in [6.45, 7) is 2.50. The van der Waals surface area contributed by atoms with Crippen molar-refractivity contribution in [2.24, 2.45) is 0 Å². The molecule has 0 spiro atoms. The van der Waals surface area contributed by atoms with Gasteiger partial charge in [0.25, 0.3) is 17.4 Å². The molecule has 3 atom stereocenters. The molecule has 0 bridgehead atoms. The maximum atomic E-state index is 12.9. The van der Waals surface area contributed by atoms with Gasteiger partial charge in [-0.25, -0.2) is 0 Å². The quantitative estimate of drug-likeness (QED) is 0.212. The Kier molecular flexibility index (Phi) is 11.6. The summed E-state index contributed by atoms with van der Waals surface area (Å²) in [6.07, 6.45) is 4.26. The number of fused-ring (bicyclic) bond motifs is 2. The Hall–Kier alpha value is -7.48. The number of amides is 7. The van der Waals surface area contributed by atoms with E-state index in [2.05, 4.69) is 10.6 Å². The molecule has 7 amide bonds. The fraction of sp³-hybridized carbons (Fsp3) is 0.280. The van der Waals surface area contributed by atoms with Gasteiger partial charge in [-0.15, -0.1) is 0 Å². The second-order valence-electron chi connectivity index (χ2n) is 16.9. The summed E-state index contributed by atoms with van der Waals surface area (Å²) in [4.78, 5) is 103. The van der Waals surface area contributed by atoms with Crippen molar-refractivity contribution in [1.29, 1.82) is 0 Å². The zero-order valence-corrected chi connectivity index (χ0v) is 35.0. The number of nitrogens with zero attached hydrogens (tertiary/aromatic N) is 4. The van der Waals surface area contributed by atoms with Crippen LogP contribution in [0.5, 0.6) is 0 Å². The van der Waals surface area contributed by atoms with Crippen molar-refractivity contribution in [2.45, 2.75) is 82.7 Å². The molecule has 5 aliphatic rings. The highest BCUT2D eigenvalue weighted by Crippen LogP contribution is 2.35. The van der Waals surface area contributed by atoms with Crippen molar-refractivity contribution in [1.82, 2.24) is 29.9 Å². The lowest BCUT2D eigenvalue weighted by Gasteiger charge is -2.32. The van der Waals surface area contributed by atoms with Gasteiger partial charge in [-0.3, -0.25) is 49.0 Å². The van der Waals surface area contributed by atoms with Crippen LogP contribution in [-0.4, -0.2) is 79.2 Å². The van der Waals surface area contributed by atoms with Crippen LogP contribution in [0.25, 0.3) is 11.1 Å². The minimum Gasteiger partial charge on any atom is -0.338 e. The Morgan fingerprint density at radius 1 is 0.547 bits per heavy atom. The van der Waals surface area contributed by atoms with E-state index in [4.69, 9.17) is 0 Å². The molecule has 3 fully saturated rings. The predicted octanol–water partition coefficient (Wildman–Crippen LogP) is 4.68. The summed E-state index contributed by atoms with van der Waals surface area (Å²) in [5.41, 5.74) is 7.60. The molecule has 1 aromatic heterocycles. The zero-order valence-electron chi connectivity index (χ0n) is 35.0. The zero-order chi connectivity index (χ0) is 44.5. The van der Waals surface area contributed by atoms with E-state index in [1.165, 1.54) is 4.90 Å². The molecule has 3 saturated heterocycles. The third kappa shape index (κ3) is 8.63. The molecular formula is C50H46N6O8. The summed E-state index contributed by atoms with van der Waals surface area (Å²) in [5.74, 6) is -1.54. The summed E-state index contributed by atoms with van der Waals surface area (Å²) < 4.78 is 1.65. The van der Waals surface area contributed by atoms with Gasteiger partial charge >= 0.3 is 0 Å². The van der Waals surface area contributed by atoms with Crippen molar-refractivity contribution < 1.29 is 33.6 Å². The Balaban J connectivity index is 0.000000162. The van der Waals surface area contributed by atoms with Crippen LogP contribution in [0.1, 0.15) is 93.0 Å². The lowest BCUT2D eigenvalue weighted by atomic mass is 9.87. The molecule has 0 aliphatic carbocycles. The predicted molar refractivity (Wildman–Crippen MR) is 234 cm³/mol. The lowest BCUT2D eigenvalue weighted by Crippen LogP contribution is -2.52. The smallest absolute Gasteiger partial charge is 0.255 e. The Labute approximate surface area is 368 Å². The fourth-order valence-electron chi connectivity index (χ4n) is 9.33. The molecule has 324 valence electrons. The second kappa shape index (κ2) is 17.7. The van der Waals surface area contributed by atoms with Crippen molar-refractivity contribution >= 4 is 41.4 Å². The largest absolute Gasteiger partial charge is 0.338 e. The van der Waals surface area contributed by atoms with Gasteiger partial charge < -0.3 is 19.3 Å². The highest BCUT2D eigenvalue weighted by atomic mass is 16.2. The number of carbonyl (C=O) groups is 7. The summed E-state index contributed by atoms with van der Waals surface area (Å²) in [5, 5.41) is 4.64. The standard InChI is InChI=1S/C25H25N3O4.C25H21N3O4/c2*29-22-9-8-21(24(31)26-22)28-15-19-12-17(6-7-20(19)25(28)32)18-10-11-27(23(30)13-18)14-16-4-2-1-3-5-16/h1-7,12,18,21H,8-11,13-15H2,(H,26,29,31);1-7,10-13,21H,8-9,14-15H2,(H,26,29,31). The van der Waals surface area contributed by atoms with Crippen LogP contribution in [0.2, 0.25) is 0 Å². The number of nitrogens with one attached hydrogen (secondary N) is 2. The Morgan fingerprint density at radius 2 is 1.09 bits per heavy atom. The van der Waals surface area contributed by atoms with Crippen LogP contribution in [0.4, 0.5) is 0 Å². The number of pyridine rings is 1. The average molecular weight is 859 g/mol. The van der Waals surface area contributed by atoms with Gasteiger partial charge in [0.2, 0.25) is 29.5 Å². The van der Waals surface area contributed by atoms with E-state index in [0.717, 1.165) is 45.4 Å². The first kappa shape index (κ1) is 41.9. The number of carbonyl (C=O) groups excluding carboxylic acids is 7. The lowest BCUT2D eigenvalue weighted by molar-refractivity contribution is -0.138. The van der Waals surface area contributed by atoms with Crippen molar-refractivity contribution in [2.75, 3.05) is 6.54 Å². The highest BCUT2D eigenvalue weighted by molar-refractivity contribution is 6.06. The van der Waals surface area contributed by atoms with Crippen molar-refractivity contribution in [3.63, 3.8) is 0 Å². The number of imide groups is 2. The molecule has 14 nitrogen and oxygen atoms in total. The fourth-order valence-corrected chi connectivity index (χ4v) is 9.33. The minimum absolute atomic E-state index is 0.104. The molecular weight excluding hydrogens is 813 g/mol. The molecule has 0 radical (unpaired) electrons. The Morgan fingerprint density at radius 3 is 1.66 bits per heavy atom. The van der Waals surface area contributed by atoms with Gasteiger partial charge in [-0.1, -0.05) is 78.9 Å². The number of piperidine rings is 3. The van der Waals surface area contributed by atoms with Crippen LogP contribution >= 0.6 is 0 Å². The molecule has 5 aromatic rings. The molecule has 4 aromatic carbocycles. The Bertz CT molecular complexity index is 2770. The number of benzene rings is 4. The maximum Gasteiger partial charge on any atom is 0.255 e. The maximum absolute atomic E-state index is 12.9. The monoisotopic (exact) mass is 858 g/mol. The van der Waals surface area contributed by atoms with E-state index < -0.39 is 23.9 Å². The van der Waals surface area contributed by atoms with Gasteiger partial charge in [0.1, 0.15) is 12.1 Å². The number of aromatic nitrogens is 1. The molecule has 2 N–H and O–H groups in total. The van der Waals surface area contributed by atoms with Crippen LogP contribution in [-0.2, 0) is 50.2 Å². The van der Waals surface area contributed by atoms with E-state index in [1.54, 1.807) is 27.8 Å². The summed E-state index contributed by atoms with van der Waals surface area (Å²) in [7, 11) is 0. The third-order valence-corrected chi connectivity index (χ3v) is 12.8. The van der Waals surface area contributed by atoms with E-state index in [0.29, 0.717) is 63.1 Å². The first-order chi connectivity index (χ1) is 31.0. The average Bonchev–Trinajstić information content (AvgIpc) is 3.80.